The number of non-ortho nitro benzene ring substituents is 1. The van der Waals surface area contributed by atoms with E-state index >= 15 is 0 Å². The fraction of sp³-hybridized carbons (Fsp3) is 0.333. The molecule has 4 nitrogen and oxygen atoms in total. The minimum atomic E-state index is -0.386. The number of nitro groups is 1. The molecule has 1 aliphatic rings. The van der Waals surface area contributed by atoms with Crippen LogP contribution < -0.4 is 4.74 Å². The molecular weight excluding hydrogens is 170 g/mol. The predicted molar refractivity (Wildman–Crippen MR) is 46.9 cm³/mol. The van der Waals surface area contributed by atoms with Crippen LogP contribution in [0.4, 0.5) is 5.69 Å². The fourth-order valence-electron chi connectivity index (χ4n) is 1.52. The highest BCUT2D eigenvalue weighted by atomic mass is 16.6. The normalized spacial score (nSPS) is 19.3. The van der Waals surface area contributed by atoms with Gasteiger partial charge in [0.25, 0.3) is 5.69 Å². The second-order valence-corrected chi connectivity index (χ2v) is 3.18. The first kappa shape index (κ1) is 8.04. The van der Waals surface area contributed by atoms with Gasteiger partial charge in [-0.3, -0.25) is 10.1 Å². The zero-order valence-electron chi connectivity index (χ0n) is 7.19. The van der Waals surface area contributed by atoms with E-state index in [0.717, 1.165) is 17.7 Å². The van der Waals surface area contributed by atoms with Gasteiger partial charge in [-0.15, -0.1) is 0 Å². The average Bonchev–Trinajstić information content (AvgIpc) is 2.42. The third-order valence-corrected chi connectivity index (χ3v) is 2.09. The van der Waals surface area contributed by atoms with Crippen molar-refractivity contribution in [3.8, 4) is 5.75 Å². The lowest BCUT2D eigenvalue weighted by molar-refractivity contribution is -0.384. The zero-order chi connectivity index (χ0) is 9.42. The van der Waals surface area contributed by atoms with E-state index in [1.165, 1.54) is 6.07 Å². The number of benzene rings is 1. The summed E-state index contributed by atoms with van der Waals surface area (Å²) >= 11 is 0. The first-order valence-electron chi connectivity index (χ1n) is 4.11. The first-order valence-corrected chi connectivity index (χ1v) is 4.11. The van der Waals surface area contributed by atoms with Gasteiger partial charge in [-0.25, -0.2) is 0 Å². The van der Waals surface area contributed by atoms with Crippen LogP contribution in [0, 0.1) is 10.1 Å². The van der Waals surface area contributed by atoms with Crippen LogP contribution >= 0.6 is 0 Å². The van der Waals surface area contributed by atoms with Crippen molar-refractivity contribution in [3.05, 3.63) is 33.9 Å². The van der Waals surface area contributed by atoms with Crippen molar-refractivity contribution in [3.63, 3.8) is 0 Å². The molecule has 0 amide bonds. The molecule has 0 saturated carbocycles. The molecule has 1 aromatic carbocycles. The number of hydrogen-bond donors (Lipinski definition) is 0. The summed E-state index contributed by atoms with van der Waals surface area (Å²) in [6.07, 6.45) is 0.897. The molecule has 0 aromatic heterocycles. The molecule has 68 valence electrons. The smallest absolute Gasteiger partial charge is 0.269 e. The van der Waals surface area contributed by atoms with Crippen LogP contribution in [-0.2, 0) is 6.42 Å². The third kappa shape index (κ3) is 1.35. The minimum Gasteiger partial charge on any atom is -0.490 e. The highest BCUT2D eigenvalue weighted by Crippen LogP contribution is 2.31. The number of hydrogen-bond acceptors (Lipinski definition) is 3. The van der Waals surface area contributed by atoms with E-state index in [9.17, 15) is 10.1 Å². The Kier molecular flexibility index (Phi) is 1.69. The van der Waals surface area contributed by atoms with E-state index in [1.807, 2.05) is 6.92 Å². The average molecular weight is 179 g/mol. The van der Waals surface area contributed by atoms with Gasteiger partial charge < -0.3 is 4.74 Å². The molecule has 2 rings (SSSR count). The first-order chi connectivity index (χ1) is 6.16. The Morgan fingerprint density at radius 3 is 3.08 bits per heavy atom. The quantitative estimate of drug-likeness (QED) is 0.488. The molecule has 1 aromatic rings. The summed E-state index contributed by atoms with van der Waals surface area (Å²) in [5.74, 6) is 0.776. The number of nitrogens with zero attached hydrogens (tertiary/aromatic N) is 1. The van der Waals surface area contributed by atoms with Gasteiger partial charge in [0.05, 0.1) is 4.92 Å². The maximum absolute atomic E-state index is 10.4. The molecule has 13 heavy (non-hydrogen) atoms. The van der Waals surface area contributed by atoms with Gasteiger partial charge in [0.15, 0.2) is 0 Å². The van der Waals surface area contributed by atoms with E-state index < -0.39 is 0 Å². The Balaban J connectivity index is 2.40. The summed E-state index contributed by atoms with van der Waals surface area (Å²) in [5, 5.41) is 10.4. The van der Waals surface area contributed by atoms with Crippen LogP contribution in [-0.4, -0.2) is 11.0 Å². The van der Waals surface area contributed by atoms with Crippen molar-refractivity contribution in [2.45, 2.75) is 19.4 Å². The van der Waals surface area contributed by atoms with Crippen LogP contribution in [0.2, 0.25) is 0 Å². The van der Waals surface area contributed by atoms with Gasteiger partial charge in [0.2, 0.25) is 0 Å². The lowest BCUT2D eigenvalue weighted by Crippen LogP contribution is -2.05. The number of fused-ring (bicyclic) bond motifs is 1. The summed E-state index contributed by atoms with van der Waals surface area (Å²) < 4.78 is 5.42. The van der Waals surface area contributed by atoms with Gasteiger partial charge >= 0.3 is 0 Å². The fourth-order valence-corrected chi connectivity index (χ4v) is 1.52. The summed E-state index contributed by atoms with van der Waals surface area (Å²) in [6, 6.07) is 4.71. The third-order valence-electron chi connectivity index (χ3n) is 2.09. The molecule has 1 heterocycles. The summed E-state index contributed by atoms with van der Waals surface area (Å²) in [7, 11) is 0. The molecule has 0 bridgehead atoms. The Labute approximate surface area is 75.3 Å². The topological polar surface area (TPSA) is 52.4 Å². The molecule has 0 fully saturated rings. The van der Waals surface area contributed by atoms with Crippen LogP contribution in [0.15, 0.2) is 18.2 Å². The molecule has 4 heteroatoms. The standard InChI is InChI=1S/C9H9NO3/c1-6-4-7-5-8(10(11)12)2-3-9(7)13-6/h2-3,5-6H,4H2,1H3/t6-/m1/s1. The van der Waals surface area contributed by atoms with Gasteiger partial charge in [-0.05, 0) is 13.0 Å². The Bertz CT molecular complexity index is 362. The Morgan fingerprint density at radius 1 is 1.62 bits per heavy atom. The van der Waals surface area contributed by atoms with Crippen LogP contribution in [0.25, 0.3) is 0 Å². The summed E-state index contributed by atoms with van der Waals surface area (Å²) in [6.45, 7) is 1.95. The maximum Gasteiger partial charge on any atom is 0.269 e. The SMILES string of the molecule is C[C@@H]1Cc2cc([N+](=O)[O-])ccc2O1. The van der Waals surface area contributed by atoms with Gasteiger partial charge in [-0.2, -0.15) is 0 Å². The predicted octanol–water partition coefficient (Wildman–Crippen LogP) is 1.92. The van der Waals surface area contributed by atoms with E-state index in [1.54, 1.807) is 12.1 Å². The van der Waals surface area contributed by atoms with E-state index in [0.29, 0.717) is 0 Å². The Hall–Kier alpha value is -1.58. The van der Waals surface area contributed by atoms with Crippen LogP contribution in [0.5, 0.6) is 5.75 Å². The largest absolute Gasteiger partial charge is 0.490 e. The highest BCUT2D eigenvalue weighted by Gasteiger charge is 2.21. The van der Waals surface area contributed by atoms with Gasteiger partial charge in [-0.1, -0.05) is 0 Å². The minimum absolute atomic E-state index is 0.136. The molecule has 0 saturated heterocycles. The molecule has 0 radical (unpaired) electrons. The van der Waals surface area contributed by atoms with Crippen LogP contribution in [0.1, 0.15) is 12.5 Å². The Morgan fingerprint density at radius 2 is 2.38 bits per heavy atom. The van der Waals surface area contributed by atoms with Crippen molar-refractivity contribution in [2.75, 3.05) is 0 Å². The van der Waals surface area contributed by atoms with E-state index in [4.69, 9.17) is 4.74 Å². The highest BCUT2D eigenvalue weighted by molar-refractivity contribution is 5.46. The second kappa shape index (κ2) is 2.73. The van der Waals surface area contributed by atoms with E-state index in [2.05, 4.69) is 0 Å². The number of rotatable bonds is 1. The molecule has 0 unspecified atom stereocenters. The van der Waals surface area contributed by atoms with Gasteiger partial charge in [0.1, 0.15) is 11.9 Å². The number of ether oxygens (including phenoxy) is 1. The summed E-state index contributed by atoms with van der Waals surface area (Å²) in [5.41, 5.74) is 1.07. The van der Waals surface area contributed by atoms with Crippen molar-refractivity contribution in [1.82, 2.24) is 0 Å². The lowest BCUT2D eigenvalue weighted by atomic mass is 10.1. The molecular formula is C9H9NO3. The molecule has 1 aliphatic heterocycles. The van der Waals surface area contributed by atoms with E-state index in [-0.39, 0.29) is 16.7 Å². The molecule has 0 spiro atoms. The lowest BCUT2D eigenvalue weighted by Gasteiger charge is -2.00. The molecule has 0 N–H and O–H groups in total. The zero-order valence-corrected chi connectivity index (χ0v) is 7.19. The molecule has 0 aliphatic carbocycles. The number of nitro benzene ring substituents is 1. The monoisotopic (exact) mass is 179 g/mol. The van der Waals surface area contributed by atoms with Crippen molar-refractivity contribution < 1.29 is 9.66 Å². The summed E-state index contributed by atoms with van der Waals surface area (Å²) in [4.78, 5) is 10.1. The molecule has 1 atom stereocenters. The van der Waals surface area contributed by atoms with Gasteiger partial charge in [0, 0.05) is 24.1 Å². The second-order valence-electron chi connectivity index (χ2n) is 3.18. The van der Waals surface area contributed by atoms with Crippen molar-refractivity contribution in [1.29, 1.82) is 0 Å². The van der Waals surface area contributed by atoms with Crippen molar-refractivity contribution in [2.24, 2.45) is 0 Å². The van der Waals surface area contributed by atoms with Crippen LogP contribution in [0.3, 0.4) is 0 Å². The van der Waals surface area contributed by atoms with Crippen molar-refractivity contribution >= 4 is 5.69 Å². The maximum atomic E-state index is 10.4.